The molecule has 0 aliphatic heterocycles. The minimum atomic E-state index is -0.524. The Morgan fingerprint density at radius 2 is 2.20 bits per heavy atom. The maximum absolute atomic E-state index is 12.2. The number of carbonyl (C=O) groups is 1. The number of rotatable bonds is 4. The van der Waals surface area contributed by atoms with Gasteiger partial charge in [0.2, 0.25) is 0 Å². The molecule has 1 amide bonds. The summed E-state index contributed by atoms with van der Waals surface area (Å²) in [6.45, 7) is 3.65. The molecule has 104 valence electrons. The number of imidazole rings is 1. The second kappa shape index (κ2) is 5.52. The summed E-state index contributed by atoms with van der Waals surface area (Å²) in [5, 5.41) is 13.6. The molecule has 1 N–H and O–H groups in total. The lowest BCUT2D eigenvalue weighted by atomic mass is 10.1. The van der Waals surface area contributed by atoms with Gasteiger partial charge in [0.15, 0.2) is 0 Å². The highest BCUT2D eigenvalue weighted by Gasteiger charge is 2.18. The minimum absolute atomic E-state index is 0.0580. The van der Waals surface area contributed by atoms with Crippen LogP contribution >= 0.6 is 0 Å². The third-order valence-electron chi connectivity index (χ3n) is 2.64. The van der Waals surface area contributed by atoms with Gasteiger partial charge in [-0.1, -0.05) is 0 Å². The van der Waals surface area contributed by atoms with Crippen LogP contribution in [0.4, 0.5) is 5.69 Å². The normalized spacial score (nSPS) is 10.6. The van der Waals surface area contributed by atoms with E-state index in [1.54, 1.807) is 17.0 Å². The molecule has 7 heteroatoms. The smallest absolute Gasteiger partial charge is 0.270 e. The number of nitrogens with one attached hydrogen (secondary N) is 1. The first-order valence-corrected chi connectivity index (χ1v) is 6.06. The summed E-state index contributed by atoms with van der Waals surface area (Å²) in [4.78, 5) is 26.4. The van der Waals surface area contributed by atoms with E-state index in [2.05, 4.69) is 10.3 Å². The molecule has 2 rings (SSSR count). The molecule has 0 aliphatic carbocycles. The Morgan fingerprint density at radius 3 is 2.75 bits per heavy atom. The standard InChI is InChI=1S/C13H14N4O3/c1-9(2)15-13(18)11-7-10(17(19)20)3-4-12(11)16-6-5-14-8-16/h3-9H,1-2H3,(H,15,18). The van der Waals surface area contributed by atoms with Crippen LogP contribution in [-0.4, -0.2) is 26.4 Å². The molecule has 0 saturated carbocycles. The number of hydrogen-bond donors (Lipinski definition) is 1. The van der Waals surface area contributed by atoms with Crippen molar-refractivity contribution in [3.05, 3.63) is 52.6 Å². The number of amides is 1. The molecule has 1 aromatic heterocycles. The Bertz CT molecular complexity index is 635. The van der Waals surface area contributed by atoms with E-state index in [-0.39, 0.29) is 23.2 Å². The molecular weight excluding hydrogens is 260 g/mol. The van der Waals surface area contributed by atoms with Crippen LogP contribution in [0, 0.1) is 10.1 Å². The van der Waals surface area contributed by atoms with E-state index in [0.29, 0.717) is 5.69 Å². The molecule has 0 unspecified atom stereocenters. The fourth-order valence-corrected chi connectivity index (χ4v) is 1.79. The van der Waals surface area contributed by atoms with Crippen LogP contribution in [0.15, 0.2) is 36.9 Å². The third kappa shape index (κ3) is 2.82. The largest absolute Gasteiger partial charge is 0.350 e. The molecule has 0 radical (unpaired) electrons. The summed E-state index contributed by atoms with van der Waals surface area (Å²) in [7, 11) is 0. The first-order chi connectivity index (χ1) is 9.49. The van der Waals surface area contributed by atoms with E-state index in [1.165, 1.54) is 24.5 Å². The fraction of sp³-hybridized carbons (Fsp3) is 0.231. The molecule has 1 heterocycles. The molecule has 0 bridgehead atoms. The van der Waals surface area contributed by atoms with E-state index in [0.717, 1.165) is 0 Å². The predicted molar refractivity (Wildman–Crippen MR) is 72.8 cm³/mol. The molecule has 20 heavy (non-hydrogen) atoms. The topological polar surface area (TPSA) is 90.1 Å². The van der Waals surface area contributed by atoms with Crippen molar-refractivity contribution >= 4 is 11.6 Å². The van der Waals surface area contributed by atoms with Gasteiger partial charge in [-0.25, -0.2) is 4.98 Å². The van der Waals surface area contributed by atoms with Crippen LogP contribution in [0.25, 0.3) is 5.69 Å². The van der Waals surface area contributed by atoms with Gasteiger partial charge in [0.05, 0.1) is 22.5 Å². The molecule has 7 nitrogen and oxygen atoms in total. The summed E-state index contributed by atoms with van der Waals surface area (Å²) in [6.07, 6.45) is 4.78. The second-order valence-corrected chi connectivity index (χ2v) is 4.56. The van der Waals surface area contributed by atoms with Crippen LogP contribution < -0.4 is 5.32 Å². The molecule has 0 saturated heterocycles. The number of carbonyl (C=O) groups excluding carboxylic acids is 1. The summed E-state index contributed by atoms with van der Waals surface area (Å²) >= 11 is 0. The number of nitro benzene ring substituents is 1. The van der Waals surface area contributed by atoms with E-state index in [1.807, 2.05) is 13.8 Å². The Labute approximate surface area is 115 Å². The first-order valence-electron chi connectivity index (χ1n) is 6.06. The summed E-state index contributed by atoms with van der Waals surface area (Å²) < 4.78 is 1.64. The van der Waals surface area contributed by atoms with Crippen LogP contribution in [0.2, 0.25) is 0 Å². The van der Waals surface area contributed by atoms with Crippen molar-refractivity contribution in [2.24, 2.45) is 0 Å². The first kappa shape index (κ1) is 13.7. The van der Waals surface area contributed by atoms with Crippen LogP contribution in [0.1, 0.15) is 24.2 Å². The number of nitrogens with zero attached hydrogens (tertiary/aromatic N) is 3. The van der Waals surface area contributed by atoms with Crippen molar-refractivity contribution in [1.29, 1.82) is 0 Å². The van der Waals surface area contributed by atoms with Crippen LogP contribution in [0.5, 0.6) is 0 Å². The van der Waals surface area contributed by atoms with Gasteiger partial charge in [0.25, 0.3) is 11.6 Å². The van der Waals surface area contributed by atoms with Crippen LogP contribution in [0.3, 0.4) is 0 Å². The zero-order chi connectivity index (χ0) is 14.7. The zero-order valence-corrected chi connectivity index (χ0v) is 11.1. The number of nitro groups is 1. The number of aromatic nitrogens is 2. The van der Waals surface area contributed by atoms with E-state index in [9.17, 15) is 14.9 Å². The Morgan fingerprint density at radius 1 is 1.45 bits per heavy atom. The minimum Gasteiger partial charge on any atom is -0.350 e. The summed E-state index contributed by atoms with van der Waals surface area (Å²) in [5.74, 6) is -0.354. The SMILES string of the molecule is CC(C)NC(=O)c1cc([N+](=O)[O-])ccc1-n1ccnc1. The Kier molecular flexibility index (Phi) is 3.79. The molecule has 0 aliphatic rings. The molecular formula is C13H14N4O3. The quantitative estimate of drug-likeness (QED) is 0.681. The van der Waals surface area contributed by atoms with Gasteiger partial charge in [0.1, 0.15) is 0 Å². The van der Waals surface area contributed by atoms with E-state index >= 15 is 0 Å². The van der Waals surface area contributed by atoms with Gasteiger partial charge in [-0.3, -0.25) is 14.9 Å². The Balaban J connectivity index is 2.51. The van der Waals surface area contributed by atoms with Crippen molar-refractivity contribution < 1.29 is 9.72 Å². The highest BCUT2D eigenvalue weighted by Crippen LogP contribution is 2.21. The van der Waals surface area contributed by atoms with Crippen molar-refractivity contribution in [2.75, 3.05) is 0 Å². The maximum atomic E-state index is 12.2. The van der Waals surface area contributed by atoms with Gasteiger partial charge in [-0.15, -0.1) is 0 Å². The second-order valence-electron chi connectivity index (χ2n) is 4.56. The monoisotopic (exact) mass is 274 g/mol. The average Bonchev–Trinajstić information content (AvgIpc) is 2.90. The van der Waals surface area contributed by atoms with Crippen molar-refractivity contribution in [3.63, 3.8) is 0 Å². The van der Waals surface area contributed by atoms with Crippen molar-refractivity contribution in [3.8, 4) is 5.69 Å². The van der Waals surface area contributed by atoms with E-state index in [4.69, 9.17) is 0 Å². The Hall–Kier alpha value is -2.70. The maximum Gasteiger partial charge on any atom is 0.270 e. The van der Waals surface area contributed by atoms with Gasteiger partial charge in [-0.2, -0.15) is 0 Å². The van der Waals surface area contributed by atoms with Crippen LogP contribution in [-0.2, 0) is 0 Å². The van der Waals surface area contributed by atoms with E-state index < -0.39 is 4.92 Å². The highest BCUT2D eigenvalue weighted by atomic mass is 16.6. The predicted octanol–water partition coefficient (Wildman–Crippen LogP) is 1.92. The third-order valence-corrected chi connectivity index (χ3v) is 2.64. The summed E-state index contributed by atoms with van der Waals surface area (Å²) in [6, 6.07) is 4.11. The van der Waals surface area contributed by atoms with Gasteiger partial charge in [-0.05, 0) is 19.9 Å². The number of benzene rings is 1. The molecule has 0 spiro atoms. The average molecular weight is 274 g/mol. The number of non-ortho nitro benzene ring substituents is 1. The lowest BCUT2D eigenvalue weighted by molar-refractivity contribution is -0.384. The molecule has 1 aromatic carbocycles. The molecule has 2 aromatic rings. The highest BCUT2D eigenvalue weighted by molar-refractivity contribution is 5.98. The van der Waals surface area contributed by atoms with Crippen molar-refractivity contribution in [2.45, 2.75) is 19.9 Å². The van der Waals surface area contributed by atoms with Gasteiger partial charge < -0.3 is 9.88 Å². The number of hydrogen-bond acceptors (Lipinski definition) is 4. The molecule has 0 atom stereocenters. The van der Waals surface area contributed by atoms with Crippen molar-refractivity contribution in [1.82, 2.24) is 14.9 Å². The zero-order valence-electron chi connectivity index (χ0n) is 11.1. The van der Waals surface area contributed by atoms with Gasteiger partial charge in [0, 0.05) is 30.6 Å². The fourth-order valence-electron chi connectivity index (χ4n) is 1.79. The summed E-state index contributed by atoms with van der Waals surface area (Å²) in [5.41, 5.74) is 0.667. The molecule has 0 fully saturated rings. The lowest BCUT2D eigenvalue weighted by Gasteiger charge is -2.12. The van der Waals surface area contributed by atoms with Gasteiger partial charge >= 0.3 is 0 Å². The lowest BCUT2D eigenvalue weighted by Crippen LogP contribution is -2.31.